The lowest BCUT2D eigenvalue weighted by Gasteiger charge is -2.08. The van der Waals surface area contributed by atoms with E-state index in [1.165, 1.54) is 84.6 Å². The molecule has 0 aliphatic rings. The number of thiazole rings is 3. The molecule has 422 valence electrons. The molecule has 0 fully saturated rings. The van der Waals surface area contributed by atoms with Crippen LogP contribution in [0, 0.1) is 38.2 Å². The molecule has 3 aromatic heterocycles. The number of methoxy groups -OCH3 is 2. The second kappa shape index (κ2) is 26.6. The van der Waals surface area contributed by atoms with E-state index >= 15 is 0 Å². The number of carboxylic acids is 1. The summed E-state index contributed by atoms with van der Waals surface area (Å²) >= 11 is 9.71. The van der Waals surface area contributed by atoms with Crippen LogP contribution in [0.4, 0.5) is 40.5 Å². The Morgan fingerprint density at radius 2 is 0.786 bits per heavy atom. The number of hydrogen-bond donors (Lipinski definition) is 4. The molecule has 5 N–H and O–H groups in total. The number of nitrogens with one attached hydrogen (secondary N) is 2. The largest absolute Gasteiger partial charge is 0.478 e. The monoisotopic (exact) mass is 1200 g/mol. The Balaban J connectivity index is 0.000000141. The SMILES string of the molecule is COC(=O)c1ccc(-c2ccc(N)cc2)cc1C.COC(=O)c1ccc(-c2ccc(Nc3nc4ccc(F)cc4s3)cc2)cc1C.Cc1cc(-c2ccc(Nc3nc4ccc(F)cc4s3)cc2)ccc1C(=O)O.Fc1ccc2nc(Cl)sc2c1. The Labute approximate surface area is 497 Å². The molecule has 12 nitrogen and oxygen atoms in total. The average Bonchev–Trinajstić information content (AvgIpc) is 4.38. The minimum absolute atomic E-state index is 0.252. The van der Waals surface area contributed by atoms with Gasteiger partial charge in [-0.3, -0.25) is 0 Å². The van der Waals surface area contributed by atoms with E-state index in [0.29, 0.717) is 31.4 Å². The molecule has 0 aliphatic carbocycles. The van der Waals surface area contributed by atoms with Crippen molar-refractivity contribution >= 4 is 121 Å². The Kier molecular flexibility index (Phi) is 18.8. The van der Waals surface area contributed by atoms with E-state index in [0.717, 1.165) is 97.8 Å². The number of halogens is 4. The number of aryl methyl sites for hydroxylation is 3. The van der Waals surface area contributed by atoms with Crippen LogP contribution in [0.3, 0.4) is 0 Å². The number of fused-ring (bicyclic) bond motifs is 3. The number of carbonyl (C=O) groups is 3. The topological polar surface area (TPSA) is 179 Å². The number of aromatic nitrogens is 3. The van der Waals surface area contributed by atoms with Gasteiger partial charge in [0, 0.05) is 17.1 Å². The van der Waals surface area contributed by atoms with Crippen molar-refractivity contribution < 1.29 is 42.1 Å². The number of hydrogen-bond acceptors (Lipinski definition) is 14. The highest BCUT2D eigenvalue weighted by atomic mass is 35.5. The summed E-state index contributed by atoms with van der Waals surface area (Å²) in [6.07, 6.45) is 0. The van der Waals surface area contributed by atoms with Crippen LogP contribution in [0.2, 0.25) is 4.47 Å². The van der Waals surface area contributed by atoms with E-state index in [4.69, 9.17) is 31.9 Å². The first-order valence-electron chi connectivity index (χ1n) is 25.6. The van der Waals surface area contributed by atoms with Crippen molar-refractivity contribution in [3.63, 3.8) is 0 Å². The maximum Gasteiger partial charge on any atom is 0.338 e. The summed E-state index contributed by atoms with van der Waals surface area (Å²) in [5.74, 6) is -2.35. The minimum atomic E-state index is -0.922. The zero-order valence-corrected chi connectivity index (χ0v) is 48.7. The predicted octanol–water partition coefficient (Wildman–Crippen LogP) is 17.9. The predicted molar refractivity (Wildman–Crippen MR) is 334 cm³/mol. The van der Waals surface area contributed by atoms with E-state index in [2.05, 4.69) is 25.6 Å². The van der Waals surface area contributed by atoms with Crippen LogP contribution in [-0.2, 0) is 9.47 Å². The molecule has 0 saturated carbocycles. The third-order valence-corrected chi connectivity index (χ3v) is 15.9. The molecule has 0 radical (unpaired) electrons. The minimum Gasteiger partial charge on any atom is -0.478 e. The molecule has 12 rings (SSSR count). The standard InChI is InChI=1S/C22H17FN2O2S.C21H15FN2O2S.C15H15NO2.C7H3ClFNS/c1-13-11-15(5-9-18(13)21(26)27-2)14-3-7-17(8-4-14)24-22-25-19-10-6-16(23)12-20(19)28-22;1-12-10-14(4-8-17(12)20(25)26)13-2-6-16(7-3-13)23-21-24-18-9-5-15(22)11-19(18)27-21;1-10-9-12(5-8-14(10)15(17)18-2)11-3-6-13(16)7-4-11;8-7-10-5-2-1-4(9)3-6(5)11-7/h3-12H,1-2H3,(H,24,25);2-11H,1H3,(H,23,24)(H,25,26);3-9H,16H2,1-2H3;1-3H. The average molecular weight is 1200 g/mol. The van der Waals surface area contributed by atoms with Crippen molar-refractivity contribution in [3.05, 3.63) is 237 Å². The lowest BCUT2D eigenvalue weighted by atomic mass is 10.00. The van der Waals surface area contributed by atoms with Crippen molar-refractivity contribution in [2.75, 3.05) is 30.6 Å². The van der Waals surface area contributed by atoms with Crippen molar-refractivity contribution in [3.8, 4) is 33.4 Å². The summed E-state index contributed by atoms with van der Waals surface area (Å²) in [4.78, 5) is 47.2. The van der Waals surface area contributed by atoms with Crippen molar-refractivity contribution in [1.29, 1.82) is 0 Å². The first kappa shape index (κ1) is 59.2. The van der Waals surface area contributed by atoms with E-state index in [1.807, 2.05) is 117 Å². The fourth-order valence-corrected chi connectivity index (χ4v) is 11.5. The number of esters is 2. The number of aromatic carboxylic acids is 1. The lowest BCUT2D eigenvalue weighted by molar-refractivity contribution is 0.0591. The van der Waals surface area contributed by atoms with Gasteiger partial charge in [0.2, 0.25) is 0 Å². The van der Waals surface area contributed by atoms with Gasteiger partial charge in [-0.25, -0.2) is 42.5 Å². The van der Waals surface area contributed by atoms with E-state index in [9.17, 15) is 27.6 Å². The zero-order valence-electron chi connectivity index (χ0n) is 45.5. The van der Waals surface area contributed by atoms with Gasteiger partial charge >= 0.3 is 17.9 Å². The maximum absolute atomic E-state index is 13.3. The zero-order chi connectivity index (χ0) is 59.6. The van der Waals surface area contributed by atoms with Gasteiger partial charge in [-0.05, 0) is 180 Å². The normalized spacial score (nSPS) is 10.7. The fraction of sp³-hybridized carbons (Fsp3) is 0.0769. The number of benzene rings is 9. The highest BCUT2D eigenvalue weighted by Gasteiger charge is 2.14. The number of carbonyl (C=O) groups excluding carboxylic acids is 2. The van der Waals surface area contributed by atoms with Gasteiger partial charge in [-0.2, -0.15) is 0 Å². The van der Waals surface area contributed by atoms with E-state index < -0.39 is 5.97 Å². The van der Waals surface area contributed by atoms with Gasteiger partial charge in [-0.1, -0.05) is 107 Å². The van der Waals surface area contributed by atoms with Crippen molar-refractivity contribution in [2.45, 2.75) is 20.8 Å². The molecule has 0 amide bonds. The molecule has 84 heavy (non-hydrogen) atoms. The van der Waals surface area contributed by atoms with Crippen LogP contribution in [0.25, 0.3) is 64.0 Å². The van der Waals surface area contributed by atoms with E-state index in [1.54, 1.807) is 49.4 Å². The number of anilines is 5. The van der Waals surface area contributed by atoms with Gasteiger partial charge < -0.3 is 30.9 Å². The van der Waals surface area contributed by atoms with Crippen LogP contribution in [0.15, 0.2) is 182 Å². The van der Waals surface area contributed by atoms with Crippen LogP contribution >= 0.6 is 45.6 Å². The lowest BCUT2D eigenvalue weighted by Crippen LogP contribution is -2.03. The summed E-state index contributed by atoms with van der Waals surface area (Å²) in [5, 5.41) is 17.0. The molecule has 0 saturated heterocycles. The van der Waals surface area contributed by atoms with Crippen molar-refractivity contribution in [1.82, 2.24) is 15.0 Å². The molecule has 3 heterocycles. The summed E-state index contributed by atoms with van der Waals surface area (Å²) < 4.78 is 51.6. The highest BCUT2D eigenvalue weighted by Crippen LogP contribution is 2.33. The van der Waals surface area contributed by atoms with E-state index in [-0.39, 0.29) is 29.4 Å². The molecule has 0 atom stereocenters. The Morgan fingerprint density at radius 3 is 1.14 bits per heavy atom. The molecular weight excluding hydrogens is 1150 g/mol. The number of nitrogens with zero attached hydrogens (tertiary/aromatic N) is 3. The first-order chi connectivity index (χ1) is 40.4. The maximum atomic E-state index is 13.3. The van der Waals surface area contributed by atoms with Crippen LogP contribution in [0.5, 0.6) is 0 Å². The van der Waals surface area contributed by atoms with Crippen LogP contribution in [-0.4, -0.2) is 52.2 Å². The van der Waals surface area contributed by atoms with Crippen molar-refractivity contribution in [2.24, 2.45) is 0 Å². The summed E-state index contributed by atoms with van der Waals surface area (Å²) in [7, 11) is 2.76. The number of ether oxygens (including phenoxy) is 2. The molecule has 12 aromatic rings. The van der Waals surface area contributed by atoms with Gasteiger partial charge in [0.1, 0.15) is 17.5 Å². The number of nitrogen functional groups attached to an aromatic ring is 1. The second-order valence-electron chi connectivity index (χ2n) is 18.7. The third-order valence-electron chi connectivity index (χ3n) is 12.9. The number of rotatable bonds is 10. The van der Waals surface area contributed by atoms with Gasteiger partial charge in [-0.15, -0.1) is 11.3 Å². The highest BCUT2D eigenvalue weighted by molar-refractivity contribution is 7.23. The molecule has 0 spiro atoms. The molecule has 0 unspecified atom stereocenters. The number of nitrogens with two attached hydrogens (primary N) is 1. The quantitative estimate of drug-likeness (QED) is 0.0753. The first-order valence-corrected chi connectivity index (χ1v) is 28.4. The Morgan fingerprint density at radius 1 is 0.452 bits per heavy atom. The summed E-state index contributed by atoms with van der Waals surface area (Å²) in [5.41, 5.74) is 20.5. The third kappa shape index (κ3) is 14.8. The molecule has 0 bridgehead atoms. The Bertz CT molecular complexity index is 4370. The molecular formula is C65H50ClF3N6O6S3. The molecule has 19 heteroatoms. The number of carboxylic acid groups (broad SMARTS) is 1. The smallest absolute Gasteiger partial charge is 0.338 e. The molecule has 9 aromatic carbocycles. The Hall–Kier alpha value is -9.46. The molecule has 0 aliphatic heterocycles. The summed E-state index contributed by atoms with van der Waals surface area (Å²) in [6.45, 7) is 5.58. The summed E-state index contributed by atoms with van der Waals surface area (Å²) in [6, 6.07) is 53.5. The van der Waals surface area contributed by atoms with Gasteiger partial charge in [0.15, 0.2) is 14.7 Å². The van der Waals surface area contributed by atoms with Gasteiger partial charge in [0.05, 0.1) is 61.6 Å². The van der Waals surface area contributed by atoms with Gasteiger partial charge in [0.25, 0.3) is 0 Å². The second-order valence-corrected chi connectivity index (χ2v) is 22.4. The van der Waals surface area contributed by atoms with Crippen LogP contribution in [0.1, 0.15) is 47.8 Å². The van der Waals surface area contributed by atoms with Crippen LogP contribution < -0.4 is 16.4 Å². The fourth-order valence-electron chi connectivity index (χ4n) is 8.64.